The van der Waals surface area contributed by atoms with Crippen LogP contribution in [0.25, 0.3) is 5.57 Å². The largest absolute Gasteiger partial charge is 0.494 e. The summed E-state index contributed by atoms with van der Waals surface area (Å²) in [5, 5.41) is 3.17. The molecule has 0 bridgehead atoms. The number of rotatable bonds is 7. The third-order valence-corrected chi connectivity index (χ3v) is 4.74. The van der Waals surface area contributed by atoms with E-state index in [1.165, 1.54) is 4.90 Å². The molecule has 150 valence electrons. The highest BCUT2D eigenvalue weighted by Gasteiger charge is 2.40. The van der Waals surface area contributed by atoms with Crippen LogP contribution in [0.1, 0.15) is 18.9 Å². The van der Waals surface area contributed by atoms with Crippen molar-refractivity contribution < 1.29 is 14.3 Å². The summed E-state index contributed by atoms with van der Waals surface area (Å²) < 4.78 is 5.69. The summed E-state index contributed by atoms with van der Waals surface area (Å²) in [7, 11) is 0. The number of hydrogen-bond acceptors (Lipinski definition) is 4. The lowest BCUT2D eigenvalue weighted by Gasteiger charge is -2.15. The summed E-state index contributed by atoms with van der Waals surface area (Å²) in [6.07, 6.45) is 0.903. The molecule has 5 nitrogen and oxygen atoms in total. The molecule has 0 aromatic heterocycles. The fourth-order valence-corrected chi connectivity index (χ4v) is 3.36. The first-order valence-electron chi connectivity index (χ1n) is 9.92. The Morgan fingerprint density at radius 2 is 1.53 bits per heavy atom. The zero-order valence-corrected chi connectivity index (χ0v) is 16.7. The molecule has 4 rings (SSSR count). The van der Waals surface area contributed by atoms with Gasteiger partial charge in [-0.2, -0.15) is 0 Å². The van der Waals surface area contributed by atoms with E-state index in [2.05, 4.69) is 5.32 Å². The van der Waals surface area contributed by atoms with E-state index < -0.39 is 0 Å². The van der Waals surface area contributed by atoms with Crippen molar-refractivity contribution in [3.8, 4) is 5.75 Å². The second-order valence-corrected chi connectivity index (χ2v) is 6.90. The van der Waals surface area contributed by atoms with Crippen molar-refractivity contribution in [1.29, 1.82) is 0 Å². The van der Waals surface area contributed by atoms with Gasteiger partial charge in [0.25, 0.3) is 11.8 Å². The Balaban J connectivity index is 1.74. The fraction of sp³-hybridized carbons (Fsp3) is 0.120. The second kappa shape index (κ2) is 8.66. The van der Waals surface area contributed by atoms with Gasteiger partial charge in [-0.3, -0.25) is 9.59 Å². The van der Waals surface area contributed by atoms with Gasteiger partial charge in [-0.25, -0.2) is 4.90 Å². The van der Waals surface area contributed by atoms with Gasteiger partial charge in [-0.15, -0.1) is 0 Å². The van der Waals surface area contributed by atoms with Crippen molar-refractivity contribution in [3.05, 3.63) is 96.2 Å². The van der Waals surface area contributed by atoms with E-state index in [0.717, 1.165) is 6.42 Å². The zero-order chi connectivity index (χ0) is 20.9. The van der Waals surface area contributed by atoms with Crippen LogP contribution < -0.4 is 15.0 Å². The molecule has 0 spiro atoms. The van der Waals surface area contributed by atoms with E-state index in [9.17, 15) is 9.59 Å². The molecule has 0 aliphatic carbocycles. The average Bonchev–Trinajstić information content (AvgIpc) is 3.03. The lowest BCUT2D eigenvalue weighted by Crippen LogP contribution is -2.32. The van der Waals surface area contributed by atoms with Crippen LogP contribution in [0.5, 0.6) is 5.75 Å². The molecule has 3 aromatic carbocycles. The Morgan fingerprint density at radius 1 is 0.833 bits per heavy atom. The fourth-order valence-electron chi connectivity index (χ4n) is 3.36. The molecule has 5 heteroatoms. The number of nitrogens with zero attached hydrogens (tertiary/aromatic N) is 1. The monoisotopic (exact) mass is 398 g/mol. The third kappa shape index (κ3) is 3.82. The van der Waals surface area contributed by atoms with E-state index in [1.807, 2.05) is 67.6 Å². The quantitative estimate of drug-likeness (QED) is 0.577. The summed E-state index contributed by atoms with van der Waals surface area (Å²) in [6, 6.07) is 25.6. The van der Waals surface area contributed by atoms with Crippen molar-refractivity contribution in [2.24, 2.45) is 0 Å². The van der Waals surface area contributed by atoms with Crippen molar-refractivity contribution in [2.45, 2.75) is 13.3 Å². The van der Waals surface area contributed by atoms with E-state index in [-0.39, 0.29) is 17.5 Å². The maximum absolute atomic E-state index is 13.3. The van der Waals surface area contributed by atoms with Gasteiger partial charge in [0.05, 0.1) is 17.9 Å². The molecule has 0 fully saturated rings. The minimum Gasteiger partial charge on any atom is -0.494 e. The molecular weight excluding hydrogens is 376 g/mol. The number of carbonyl (C=O) groups is 2. The van der Waals surface area contributed by atoms with Crippen LogP contribution in [0.15, 0.2) is 90.6 Å². The Bertz CT molecular complexity index is 1090. The van der Waals surface area contributed by atoms with Gasteiger partial charge in [0, 0.05) is 11.8 Å². The Labute approximate surface area is 175 Å². The number of anilines is 2. The van der Waals surface area contributed by atoms with Gasteiger partial charge in [-0.1, -0.05) is 61.5 Å². The molecule has 1 aliphatic rings. The van der Waals surface area contributed by atoms with Crippen LogP contribution in [0, 0.1) is 0 Å². The Kier molecular flexibility index (Phi) is 5.61. The average molecular weight is 398 g/mol. The predicted octanol–water partition coefficient (Wildman–Crippen LogP) is 4.87. The standard InChI is InChI=1S/C25H22N2O3/c1-2-16-30-21-15-9-12-19(17-21)26-23-22(18-10-5-3-6-11-18)24(28)27(25(23)29)20-13-7-4-8-14-20/h3-15,17,26H,2,16H2,1H3. The van der Waals surface area contributed by atoms with Crippen molar-refractivity contribution in [1.82, 2.24) is 0 Å². The molecule has 2 amide bonds. The minimum atomic E-state index is -0.384. The number of hydrogen-bond donors (Lipinski definition) is 1. The van der Waals surface area contributed by atoms with E-state index >= 15 is 0 Å². The number of nitrogens with one attached hydrogen (secondary N) is 1. The van der Waals surface area contributed by atoms with Gasteiger partial charge in [-0.05, 0) is 36.2 Å². The first-order valence-corrected chi connectivity index (χ1v) is 9.92. The van der Waals surface area contributed by atoms with Gasteiger partial charge in [0.15, 0.2) is 0 Å². The number of amides is 2. The SMILES string of the molecule is CCCOc1cccc(NC2=C(c3ccccc3)C(=O)N(c3ccccc3)C2=O)c1. The number of ether oxygens (including phenoxy) is 1. The predicted molar refractivity (Wildman–Crippen MR) is 118 cm³/mol. The smallest absolute Gasteiger partial charge is 0.282 e. The number of carbonyl (C=O) groups excluding carboxylic acids is 2. The van der Waals surface area contributed by atoms with Gasteiger partial charge < -0.3 is 10.1 Å². The lowest BCUT2D eigenvalue weighted by atomic mass is 10.0. The summed E-state index contributed by atoms with van der Waals surface area (Å²) in [5.74, 6) is -0.0244. The highest BCUT2D eigenvalue weighted by molar-refractivity contribution is 6.46. The normalized spacial score (nSPS) is 13.7. The molecule has 1 N–H and O–H groups in total. The molecule has 0 saturated carbocycles. The van der Waals surface area contributed by atoms with Crippen LogP contribution in [0.4, 0.5) is 11.4 Å². The Morgan fingerprint density at radius 3 is 2.23 bits per heavy atom. The second-order valence-electron chi connectivity index (χ2n) is 6.90. The molecule has 0 atom stereocenters. The summed E-state index contributed by atoms with van der Waals surface area (Å²) in [6.45, 7) is 2.65. The van der Waals surface area contributed by atoms with Crippen LogP contribution in [-0.4, -0.2) is 18.4 Å². The van der Waals surface area contributed by atoms with Crippen molar-refractivity contribution >= 4 is 28.8 Å². The van der Waals surface area contributed by atoms with E-state index in [4.69, 9.17) is 4.74 Å². The molecular formula is C25H22N2O3. The van der Waals surface area contributed by atoms with E-state index in [1.54, 1.807) is 24.3 Å². The molecule has 0 radical (unpaired) electrons. The summed E-state index contributed by atoms with van der Waals surface area (Å²) in [4.78, 5) is 27.8. The summed E-state index contributed by atoms with van der Waals surface area (Å²) >= 11 is 0. The third-order valence-electron chi connectivity index (χ3n) is 4.74. The van der Waals surface area contributed by atoms with Crippen LogP contribution in [0.2, 0.25) is 0 Å². The first-order chi connectivity index (χ1) is 14.7. The zero-order valence-electron chi connectivity index (χ0n) is 16.7. The molecule has 1 heterocycles. The van der Waals surface area contributed by atoms with Gasteiger partial charge in [0.2, 0.25) is 0 Å². The number of para-hydroxylation sites is 1. The van der Waals surface area contributed by atoms with E-state index in [0.29, 0.717) is 34.9 Å². The van der Waals surface area contributed by atoms with Crippen LogP contribution in [0.3, 0.4) is 0 Å². The number of imide groups is 1. The molecule has 0 saturated heterocycles. The van der Waals surface area contributed by atoms with Crippen LogP contribution in [-0.2, 0) is 9.59 Å². The van der Waals surface area contributed by atoms with Gasteiger partial charge >= 0.3 is 0 Å². The first kappa shape index (κ1) is 19.5. The highest BCUT2D eigenvalue weighted by Crippen LogP contribution is 2.34. The van der Waals surface area contributed by atoms with Crippen molar-refractivity contribution in [3.63, 3.8) is 0 Å². The lowest BCUT2D eigenvalue weighted by molar-refractivity contribution is -0.120. The summed E-state index contributed by atoms with van der Waals surface area (Å²) in [5.41, 5.74) is 2.52. The number of benzene rings is 3. The van der Waals surface area contributed by atoms with Crippen molar-refractivity contribution in [2.75, 3.05) is 16.8 Å². The van der Waals surface area contributed by atoms with Gasteiger partial charge in [0.1, 0.15) is 11.4 Å². The molecule has 0 unspecified atom stereocenters. The highest BCUT2D eigenvalue weighted by atomic mass is 16.5. The maximum atomic E-state index is 13.3. The Hall–Kier alpha value is -3.86. The molecule has 3 aromatic rings. The topological polar surface area (TPSA) is 58.6 Å². The maximum Gasteiger partial charge on any atom is 0.282 e. The van der Waals surface area contributed by atoms with Crippen LogP contribution >= 0.6 is 0 Å². The molecule has 30 heavy (non-hydrogen) atoms. The molecule has 1 aliphatic heterocycles. The minimum absolute atomic E-state index is 0.252.